The van der Waals surface area contributed by atoms with Crippen LogP contribution in [-0.2, 0) is 22.5 Å². The minimum absolute atomic E-state index is 0.0203. The molecule has 1 heterocycles. The lowest BCUT2D eigenvalue weighted by molar-refractivity contribution is 0.287. The Bertz CT molecular complexity index is 739. The van der Waals surface area contributed by atoms with Crippen molar-refractivity contribution < 1.29 is 21.9 Å². The van der Waals surface area contributed by atoms with Crippen LogP contribution in [0.4, 0.5) is 8.78 Å². The average molecular weight is 337 g/mol. The van der Waals surface area contributed by atoms with Gasteiger partial charge in [0.05, 0.1) is 17.7 Å². The van der Waals surface area contributed by atoms with E-state index in [1.807, 2.05) is 0 Å². The molecule has 21 heavy (non-hydrogen) atoms. The standard InChI is InChI=1S/C12H11ClF2N2O3S/c1-17-7-8(6-16-17)2-3-20-12-10(14)4-9(5-11(12)15)21(13,18)19/h4-7H,2-3H2,1H3. The number of benzene rings is 1. The fraction of sp³-hybridized carbons (Fsp3) is 0.250. The van der Waals surface area contributed by atoms with E-state index in [0.29, 0.717) is 18.6 Å². The van der Waals surface area contributed by atoms with Gasteiger partial charge in [-0.05, 0) is 17.7 Å². The molecule has 5 nitrogen and oxygen atoms in total. The van der Waals surface area contributed by atoms with Crippen LogP contribution in [-0.4, -0.2) is 24.8 Å². The Balaban J connectivity index is 2.10. The van der Waals surface area contributed by atoms with Gasteiger partial charge >= 0.3 is 0 Å². The smallest absolute Gasteiger partial charge is 0.261 e. The second-order valence-corrected chi connectivity index (χ2v) is 6.84. The van der Waals surface area contributed by atoms with Gasteiger partial charge in [0.1, 0.15) is 0 Å². The number of hydrogen-bond acceptors (Lipinski definition) is 4. The first-order valence-electron chi connectivity index (χ1n) is 5.81. The molecule has 0 aliphatic rings. The predicted molar refractivity (Wildman–Crippen MR) is 71.8 cm³/mol. The maximum absolute atomic E-state index is 13.7. The monoisotopic (exact) mass is 336 g/mol. The predicted octanol–water partition coefficient (Wildman–Crippen LogP) is 2.25. The maximum atomic E-state index is 13.7. The maximum Gasteiger partial charge on any atom is 0.261 e. The molecule has 1 aromatic heterocycles. The van der Waals surface area contributed by atoms with Gasteiger partial charge in [0, 0.05) is 30.3 Å². The highest BCUT2D eigenvalue weighted by molar-refractivity contribution is 8.13. The highest BCUT2D eigenvalue weighted by atomic mass is 35.7. The van der Waals surface area contributed by atoms with Crippen LogP contribution >= 0.6 is 10.7 Å². The number of aryl methyl sites for hydroxylation is 1. The second-order valence-electron chi connectivity index (χ2n) is 4.27. The summed E-state index contributed by atoms with van der Waals surface area (Å²) in [7, 11) is 2.58. The van der Waals surface area contributed by atoms with E-state index < -0.39 is 31.3 Å². The molecule has 2 aromatic rings. The molecule has 0 amide bonds. The summed E-state index contributed by atoms with van der Waals surface area (Å²) in [5.74, 6) is -2.89. The summed E-state index contributed by atoms with van der Waals surface area (Å²) in [5, 5.41) is 3.95. The Morgan fingerprint density at radius 2 is 1.95 bits per heavy atom. The van der Waals surface area contributed by atoms with E-state index in [1.165, 1.54) is 0 Å². The van der Waals surface area contributed by atoms with Gasteiger partial charge < -0.3 is 4.74 Å². The van der Waals surface area contributed by atoms with Crippen molar-refractivity contribution in [1.29, 1.82) is 0 Å². The van der Waals surface area contributed by atoms with Gasteiger partial charge in [-0.15, -0.1) is 0 Å². The molecule has 0 aliphatic carbocycles. The van der Waals surface area contributed by atoms with Gasteiger partial charge in [-0.2, -0.15) is 5.10 Å². The lowest BCUT2D eigenvalue weighted by atomic mass is 10.2. The fourth-order valence-corrected chi connectivity index (χ4v) is 2.44. The molecule has 0 spiro atoms. The van der Waals surface area contributed by atoms with Gasteiger partial charge in [-0.25, -0.2) is 17.2 Å². The lowest BCUT2D eigenvalue weighted by Crippen LogP contribution is -2.05. The molecule has 114 valence electrons. The first-order valence-corrected chi connectivity index (χ1v) is 8.12. The van der Waals surface area contributed by atoms with Crippen molar-refractivity contribution >= 4 is 19.7 Å². The van der Waals surface area contributed by atoms with Crippen LogP contribution in [0.1, 0.15) is 5.56 Å². The van der Waals surface area contributed by atoms with Crippen LogP contribution < -0.4 is 4.74 Å². The third-order valence-corrected chi connectivity index (χ3v) is 3.98. The minimum Gasteiger partial charge on any atom is -0.487 e. The largest absolute Gasteiger partial charge is 0.487 e. The van der Waals surface area contributed by atoms with Crippen molar-refractivity contribution in [3.05, 3.63) is 41.7 Å². The summed E-state index contributed by atoms with van der Waals surface area (Å²) in [6.45, 7) is 0.0203. The quantitative estimate of drug-likeness (QED) is 0.786. The van der Waals surface area contributed by atoms with Gasteiger partial charge in [0.2, 0.25) is 0 Å². The summed E-state index contributed by atoms with van der Waals surface area (Å²) in [6.07, 6.45) is 3.76. The lowest BCUT2D eigenvalue weighted by Gasteiger charge is -2.08. The molecule has 0 bridgehead atoms. The van der Waals surface area contributed by atoms with E-state index in [-0.39, 0.29) is 6.61 Å². The first kappa shape index (κ1) is 15.7. The second kappa shape index (κ2) is 5.98. The molecular formula is C12H11ClF2N2O3S. The van der Waals surface area contributed by atoms with Crippen molar-refractivity contribution in [2.24, 2.45) is 7.05 Å². The van der Waals surface area contributed by atoms with E-state index in [0.717, 1.165) is 5.56 Å². The first-order chi connectivity index (χ1) is 9.77. The average Bonchev–Trinajstić information content (AvgIpc) is 2.77. The van der Waals surface area contributed by atoms with Crippen LogP contribution in [0.5, 0.6) is 5.75 Å². The summed E-state index contributed by atoms with van der Waals surface area (Å²) >= 11 is 0. The molecule has 0 atom stereocenters. The SMILES string of the molecule is Cn1cc(CCOc2c(F)cc(S(=O)(=O)Cl)cc2F)cn1. The Kier molecular flexibility index (Phi) is 4.48. The number of halogens is 3. The highest BCUT2D eigenvalue weighted by Crippen LogP contribution is 2.27. The highest BCUT2D eigenvalue weighted by Gasteiger charge is 2.19. The van der Waals surface area contributed by atoms with Crippen molar-refractivity contribution in [3.63, 3.8) is 0 Å². The molecular weight excluding hydrogens is 326 g/mol. The van der Waals surface area contributed by atoms with Crippen molar-refractivity contribution in [2.45, 2.75) is 11.3 Å². The van der Waals surface area contributed by atoms with Crippen LogP contribution in [0.3, 0.4) is 0 Å². The third-order valence-electron chi connectivity index (χ3n) is 2.65. The van der Waals surface area contributed by atoms with Crippen LogP contribution in [0, 0.1) is 11.6 Å². The van der Waals surface area contributed by atoms with Crippen molar-refractivity contribution in [1.82, 2.24) is 9.78 Å². The Labute approximate surface area is 124 Å². The van der Waals surface area contributed by atoms with Gasteiger partial charge in [0.25, 0.3) is 9.05 Å². The van der Waals surface area contributed by atoms with E-state index in [9.17, 15) is 17.2 Å². The van der Waals surface area contributed by atoms with E-state index in [1.54, 1.807) is 24.1 Å². The Morgan fingerprint density at radius 3 is 2.43 bits per heavy atom. The minimum atomic E-state index is -4.20. The van der Waals surface area contributed by atoms with Crippen molar-refractivity contribution in [2.75, 3.05) is 6.61 Å². The number of ether oxygens (including phenoxy) is 1. The zero-order valence-electron chi connectivity index (χ0n) is 10.9. The van der Waals surface area contributed by atoms with Gasteiger partial charge in [0.15, 0.2) is 17.4 Å². The zero-order valence-corrected chi connectivity index (χ0v) is 12.5. The summed E-state index contributed by atoms with van der Waals surface area (Å²) in [6, 6.07) is 1.23. The molecule has 2 rings (SSSR count). The van der Waals surface area contributed by atoms with Crippen LogP contribution in [0.15, 0.2) is 29.4 Å². The topological polar surface area (TPSA) is 61.2 Å². The molecule has 0 unspecified atom stereocenters. The summed E-state index contributed by atoms with van der Waals surface area (Å²) in [5.41, 5.74) is 0.846. The molecule has 0 saturated carbocycles. The number of nitrogens with zero attached hydrogens (tertiary/aromatic N) is 2. The Morgan fingerprint density at radius 1 is 1.33 bits per heavy atom. The Hall–Kier alpha value is -1.67. The molecule has 0 fully saturated rings. The zero-order chi connectivity index (χ0) is 15.6. The normalized spacial score (nSPS) is 11.6. The van der Waals surface area contributed by atoms with E-state index >= 15 is 0 Å². The number of hydrogen-bond donors (Lipinski definition) is 0. The van der Waals surface area contributed by atoms with Crippen molar-refractivity contribution in [3.8, 4) is 5.75 Å². The third kappa shape index (κ3) is 3.92. The fourth-order valence-electron chi connectivity index (χ4n) is 1.69. The molecule has 1 aromatic carbocycles. The molecule has 0 N–H and O–H groups in total. The van der Waals surface area contributed by atoms with E-state index in [4.69, 9.17) is 15.4 Å². The van der Waals surface area contributed by atoms with Crippen LogP contribution in [0.2, 0.25) is 0 Å². The number of rotatable bonds is 5. The molecule has 0 aliphatic heterocycles. The summed E-state index contributed by atoms with van der Waals surface area (Å²) < 4.78 is 56.0. The summed E-state index contributed by atoms with van der Waals surface area (Å²) in [4.78, 5) is -0.654. The van der Waals surface area contributed by atoms with Gasteiger partial charge in [-0.1, -0.05) is 0 Å². The molecule has 9 heteroatoms. The molecule has 0 saturated heterocycles. The van der Waals surface area contributed by atoms with Crippen LogP contribution in [0.25, 0.3) is 0 Å². The van der Waals surface area contributed by atoms with E-state index in [2.05, 4.69) is 5.10 Å². The molecule has 0 radical (unpaired) electrons. The van der Waals surface area contributed by atoms with Gasteiger partial charge in [-0.3, -0.25) is 4.68 Å². The number of aromatic nitrogens is 2.